The number of nitrogens with zero attached hydrogens (tertiary/aromatic N) is 1. The molecule has 0 atom stereocenters. The van der Waals surface area contributed by atoms with Crippen LogP contribution in [0.15, 0.2) is 18.2 Å². The second kappa shape index (κ2) is 5.02. The zero-order chi connectivity index (χ0) is 14.8. The Morgan fingerprint density at radius 1 is 1.37 bits per heavy atom. The SMILES string of the molecule is Cc1cccc(NC(=O)C(C)(C)S(C)(=O)=O)c1C#N. The molecule has 1 aromatic rings. The van der Waals surface area contributed by atoms with E-state index in [2.05, 4.69) is 5.32 Å². The molecule has 0 bridgehead atoms. The van der Waals surface area contributed by atoms with Crippen molar-refractivity contribution in [3.05, 3.63) is 29.3 Å². The smallest absolute Gasteiger partial charge is 0.245 e. The Morgan fingerprint density at radius 2 is 1.95 bits per heavy atom. The molecule has 0 aromatic heterocycles. The van der Waals surface area contributed by atoms with Gasteiger partial charge in [-0.3, -0.25) is 4.79 Å². The van der Waals surface area contributed by atoms with Crippen LogP contribution in [0.2, 0.25) is 0 Å². The molecular formula is C13H16N2O3S. The lowest BCUT2D eigenvalue weighted by atomic mass is 10.1. The Hall–Kier alpha value is -1.87. The Labute approximate surface area is 113 Å². The molecule has 0 aliphatic heterocycles. The maximum absolute atomic E-state index is 12.1. The van der Waals surface area contributed by atoms with Crippen LogP contribution in [0.3, 0.4) is 0 Å². The van der Waals surface area contributed by atoms with Crippen LogP contribution in [0.5, 0.6) is 0 Å². The summed E-state index contributed by atoms with van der Waals surface area (Å²) in [7, 11) is -3.55. The number of sulfone groups is 1. The minimum atomic E-state index is -3.55. The monoisotopic (exact) mass is 280 g/mol. The number of benzene rings is 1. The van der Waals surface area contributed by atoms with Crippen LogP contribution in [-0.2, 0) is 14.6 Å². The molecule has 1 rings (SSSR count). The van der Waals surface area contributed by atoms with Gasteiger partial charge in [0.05, 0.1) is 11.3 Å². The predicted octanol–water partition coefficient (Wildman–Crippen LogP) is 1.63. The summed E-state index contributed by atoms with van der Waals surface area (Å²) >= 11 is 0. The number of hydrogen-bond donors (Lipinski definition) is 1. The molecule has 0 heterocycles. The minimum Gasteiger partial charge on any atom is -0.324 e. The fraction of sp³-hybridized carbons (Fsp3) is 0.385. The van der Waals surface area contributed by atoms with E-state index < -0.39 is 20.5 Å². The van der Waals surface area contributed by atoms with Gasteiger partial charge in [-0.05, 0) is 32.4 Å². The topological polar surface area (TPSA) is 87.0 Å². The van der Waals surface area contributed by atoms with E-state index in [0.29, 0.717) is 11.3 Å². The average molecular weight is 280 g/mol. The van der Waals surface area contributed by atoms with Crippen LogP contribution in [0.1, 0.15) is 25.0 Å². The lowest BCUT2D eigenvalue weighted by Crippen LogP contribution is -2.44. The van der Waals surface area contributed by atoms with Crippen LogP contribution in [0.25, 0.3) is 0 Å². The number of hydrogen-bond acceptors (Lipinski definition) is 4. The molecule has 5 nitrogen and oxygen atoms in total. The number of rotatable bonds is 3. The molecule has 102 valence electrons. The predicted molar refractivity (Wildman–Crippen MR) is 73.4 cm³/mol. The number of aryl methyl sites for hydroxylation is 1. The summed E-state index contributed by atoms with van der Waals surface area (Å²) in [6.07, 6.45) is 1.01. The Balaban J connectivity index is 3.16. The fourth-order valence-electron chi connectivity index (χ4n) is 1.36. The van der Waals surface area contributed by atoms with Crippen LogP contribution in [0, 0.1) is 18.3 Å². The van der Waals surface area contributed by atoms with Gasteiger partial charge in [0.25, 0.3) is 0 Å². The molecule has 0 saturated heterocycles. The van der Waals surface area contributed by atoms with Gasteiger partial charge in [0, 0.05) is 6.26 Å². The van der Waals surface area contributed by atoms with E-state index in [1.54, 1.807) is 25.1 Å². The van der Waals surface area contributed by atoms with Gasteiger partial charge >= 0.3 is 0 Å². The molecule has 0 saturated carbocycles. The van der Waals surface area contributed by atoms with Crippen molar-refractivity contribution in [3.63, 3.8) is 0 Å². The molecule has 0 aliphatic carbocycles. The zero-order valence-corrected chi connectivity index (χ0v) is 12.1. The quantitative estimate of drug-likeness (QED) is 0.911. The molecule has 0 spiro atoms. The van der Waals surface area contributed by atoms with Crippen LogP contribution in [-0.4, -0.2) is 25.3 Å². The van der Waals surface area contributed by atoms with Crippen molar-refractivity contribution < 1.29 is 13.2 Å². The van der Waals surface area contributed by atoms with Gasteiger partial charge in [0.1, 0.15) is 10.8 Å². The van der Waals surface area contributed by atoms with Crippen molar-refractivity contribution in [1.82, 2.24) is 0 Å². The highest BCUT2D eigenvalue weighted by molar-refractivity contribution is 7.92. The first kappa shape index (κ1) is 15.2. The van der Waals surface area contributed by atoms with E-state index in [0.717, 1.165) is 11.8 Å². The largest absolute Gasteiger partial charge is 0.324 e. The molecule has 19 heavy (non-hydrogen) atoms. The third kappa shape index (κ3) is 2.93. The number of carbonyl (C=O) groups excluding carboxylic acids is 1. The van der Waals surface area contributed by atoms with Crippen LogP contribution >= 0.6 is 0 Å². The van der Waals surface area contributed by atoms with E-state index in [9.17, 15) is 13.2 Å². The molecule has 0 aliphatic rings. The van der Waals surface area contributed by atoms with Gasteiger partial charge in [0.15, 0.2) is 9.84 Å². The molecule has 0 fully saturated rings. The third-order valence-corrected chi connectivity index (χ3v) is 5.15. The normalized spacial score (nSPS) is 11.7. The number of nitrogens with one attached hydrogen (secondary N) is 1. The Morgan fingerprint density at radius 3 is 2.42 bits per heavy atom. The van der Waals surface area contributed by atoms with Crippen molar-refractivity contribution in [1.29, 1.82) is 5.26 Å². The summed E-state index contributed by atoms with van der Waals surface area (Å²) in [5.41, 5.74) is 1.38. The van der Waals surface area contributed by atoms with Crippen LogP contribution < -0.4 is 5.32 Å². The molecule has 0 unspecified atom stereocenters. The van der Waals surface area contributed by atoms with Crippen molar-refractivity contribution in [2.75, 3.05) is 11.6 Å². The van der Waals surface area contributed by atoms with E-state index >= 15 is 0 Å². The summed E-state index contributed by atoms with van der Waals surface area (Å²) in [6, 6.07) is 7.01. The summed E-state index contributed by atoms with van der Waals surface area (Å²) in [6.45, 7) is 4.41. The van der Waals surface area contributed by atoms with E-state index in [1.165, 1.54) is 13.8 Å². The summed E-state index contributed by atoms with van der Waals surface area (Å²) in [5, 5.41) is 11.6. The Bertz CT molecular complexity index is 655. The standard InChI is InChI=1S/C13H16N2O3S/c1-9-6-5-7-11(10(9)8-14)15-12(16)13(2,3)19(4,17)18/h5-7H,1-4H3,(H,15,16). The first-order valence-electron chi connectivity index (χ1n) is 5.62. The van der Waals surface area contributed by atoms with Gasteiger partial charge in [-0.2, -0.15) is 5.26 Å². The van der Waals surface area contributed by atoms with Crippen molar-refractivity contribution in [2.24, 2.45) is 0 Å². The van der Waals surface area contributed by atoms with Gasteiger partial charge in [-0.25, -0.2) is 8.42 Å². The molecule has 6 heteroatoms. The summed E-state index contributed by atoms with van der Waals surface area (Å²) < 4.78 is 21.6. The van der Waals surface area contributed by atoms with E-state index in [1.807, 2.05) is 6.07 Å². The Kier molecular flexibility index (Phi) is 4.01. The van der Waals surface area contributed by atoms with Gasteiger partial charge < -0.3 is 5.32 Å². The highest BCUT2D eigenvalue weighted by atomic mass is 32.2. The lowest BCUT2D eigenvalue weighted by Gasteiger charge is -2.22. The first-order valence-corrected chi connectivity index (χ1v) is 7.51. The number of anilines is 1. The lowest BCUT2D eigenvalue weighted by molar-refractivity contribution is -0.117. The van der Waals surface area contributed by atoms with Gasteiger partial charge in [-0.1, -0.05) is 12.1 Å². The van der Waals surface area contributed by atoms with Crippen molar-refractivity contribution in [3.8, 4) is 6.07 Å². The maximum Gasteiger partial charge on any atom is 0.245 e. The second-order valence-corrected chi connectivity index (χ2v) is 7.41. The first-order chi connectivity index (χ1) is 8.61. The molecule has 1 aromatic carbocycles. The van der Waals surface area contributed by atoms with Crippen LogP contribution in [0.4, 0.5) is 5.69 Å². The summed E-state index contributed by atoms with van der Waals surface area (Å²) in [4.78, 5) is 12.1. The molecule has 1 amide bonds. The molecule has 0 radical (unpaired) electrons. The minimum absolute atomic E-state index is 0.323. The third-order valence-electron chi connectivity index (χ3n) is 3.11. The number of carbonyl (C=O) groups is 1. The second-order valence-electron chi connectivity index (χ2n) is 4.85. The van der Waals surface area contributed by atoms with E-state index in [-0.39, 0.29) is 0 Å². The van der Waals surface area contributed by atoms with Crippen molar-refractivity contribution in [2.45, 2.75) is 25.5 Å². The molecular weight excluding hydrogens is 264 g/mol. The van der Waals surface area contributed by atoms with Crippen molar-refractivity contribution >= 4 is 21.4 Å². The number of nitriles is 1. The van der Waals surface area contributed by atoms with E-state index in [4.69, 9.17) is 5.26 Å². The number of amides is 1. The summed E-state index contributed by atoms with van der Waals surface area (Å²) in [5.74, 6) is -0.655. The highest BCUT2D eigenvalue weighted by Crippen LogP contribution is 2.22. The zero-order valence-electron chi connectivity index (χ0n) is 11.3. The van der Waals surface area contributed by atoms with Gasteiger partial charge in [0.2, 0.25) is 5.91 Å². The fourth-order valence-corrected chi connectivity index (χ4v) is 1.75. The average Bonchev–Trinajstić information content (AvgIpc) is 2.27. The molecule has 1 N–H and O–H groups in total. The maximum atomic E-state index is 12.1. The highest BCUT2D eigenvalue weighted by Gasteiger charge is 2.38. The van der Waals surface area contributed by atoms with Gasteiger partial charge in [-0.15, -0.1) is 0 Å².